The molecule has 23 heavy (non-hydrogen) atoms. The highest BCUT2D eigenvalue weighted by Gasteiger charge is 1.91. The molecule has 3 aromatic rings. The van der Waals surface area contributed by atoms with Gasteiger partial charge < -0.3 is 10.7 Å². The molecular formula is C10H11FN8O4. The lowest BCUT2D eigenvalue weighted by atomic mass is 10.6. The van der Waals surface area contributed by atoms with Gasteiger partial charge in [-0.2, -0.15) is 0 Å². The van der Waals surface area contributed by atoms with Crippen molar-refractivity contribution in [2.45, 2.75) is 0 Å². The van der Waals surface area contributed by atoms with Gasteiger partial charge in [-0.15, -0.1) is 4.79 Å². The van der Waals surface area contributed by atoms with Crippen molar-refractivity contribution in [2.75, 3.05) is 0 Å². The van der Waals surface area contributed by atoms with Gasteiger partial charge >= 0.3 is 11.7 Å². The summed E-state index contributed by atoms with van der Waals surface area (Å²) in [6.45, 7) is 0. The Morgan fingerprint density at radius 3 is 2.61 bits per heavy atom. The monoisotopic (exact) mass is 326 g/mol. The van der Waals surface area contributed by atoms with Gasteiger partial charge in [0.25, 0.3) is 5.56 Å². The molecule has 0 atom stereocenters. The summed E-state index contributed by atoms with van der Waals surface area (Å²) in [5.74, 6) is 0. The fourth-order valence-corrected chi connectivity index (χ4v) is 1.09. The molecule has 0 unspecified atom stereocenters. The first-order chi connectivity index (χ1) is 10.9. The Kier molecular flexibility index (Phi) is 6.54. The number of aromatic nitrogens is 6. The summed E-state index contributed by atoms with van der Waals surface area (Å²) in [6.07, 6.45) is 5.51. The number of imidazole rings is 1. The molecule has 0 fully saturated rings. The number of hydrogen-bond donors (Lipinski definition) is 5. The normalized spacial score (nSPS) is 9.13. The third-order valence-electron chi connectivity index (χ3n) is 1.99. The number of halogens is 1. The maximum atomic E-state index is 11.9. The quantitative estimate of drug-likeness (QED) is 0.250. The zero-order chi connectivity index (χ0) is 17.2. The highest BCUT2D eigenvalue weighted by molar-refractivity contribution is 5.70. The van der Waals surface area contributed by atoms with Crippen molar-refractivity contribution in [3.8, 4) is 0 Å². The van der Waals surface area contributed by atoms with Gasteiger partial charge in [0.05, 0.1) is 12.5 Å². The van der Waals surface area contributed by atoms with E-state index in [4.69, 9.17) is 5.21 Å². The summed E-state index contributed by atoms with van der Waals surface area (Å²) in [5, 5.41) is 7.42. The van der Waals surface area contributed by atoms with E-state index in [1.54, 1.807) is 17.5 Å². The predicted molar refractivity (Wildman–Crippen MR) is 74.0 cm³/mol. The van der Waals surface area contributed by atoms with Gasteiger partial charge in [-0.05, 0) is 0 Å². The molecule has 0 aliphatic rings. The summed E-state index contributed by atoms with van der Waals surface area (Å²) in [6, 6.07) is -0.0218. The minimum Gasteiger partial charge on any atom is -0.350 e. The molecule has 0 saturated heterocycles. The molecule has 0 aromatic carbocycles. The molecule has 0 saturated carbocycles. The zero-order valence-electron chi connectivity index (χ0n) is 11.3. The van der Waals surface area contributed by atoms with E-state index in [1.807, 2.05) is 0 Å². The van der Waals surface area contributed by atoms with Gasteiger partial charge in [-0.3, -0.25) is 15.0 Å². The van der Waals surface area contributed by atoms with Crippen LogP contribution in [-0.2, 0) is 0 Å². The number of carbonyl (C=O) groups is 1. The number of nitrogens with one attached hydrogen (secondary N) is 3. The molecule has 0 aliphatic heterocycles. The van der Waals surface area contributed by atoms with Crippen LogP contribution < -0.4 is 22.5 Å². The molecular weight excluding hydrogens is 315 g/mol. The largest absolute Gasteiger partial charge is 0.356 e. The van der Waals surface area contributed by atoms with E-state index in [1.165, 1.54) is 11.8 Å². The van der Waals surface area contributed by atoms with Crippen LogP contribution >= 0.6 is 0 Å². The summed E-state index contributed by atoms with van der Waals surface area (Å²) in [5.41, 5.74) is 5.39. The molecule has 6 N–H and O–H groups in total. The van der Waals surface area contributed by atoms with Crippen molar-refractivity contribution in [3.63, 3.8) is 0 Å². The molecule has 3 rings (SSSR count). The molecule has 122 valence electrons. The second-order valence-corrected chi connectivity index (χ2v) is 3.56. The van der Waals surface area contributed by atoms with Crippen molar-refractivity contribution in [1.29, 1.82) is 0 Å². The van der Waals surface area contributed by atoms with Crippen LogP contribution in [0.2, 0.25) is 0 Å². The number of aromatic amines is 2. The van der Waals surface area contributed by atoms with E-state index < -0.39 is 17.3 Å². The minimum absolute atomic E-state index is 0.207. The highest BCUT2D eigenvalue weighted by Crippen LogP contribution is 1.99. The van der Waals surface area contributed by atoms with Gasteiger partial charge in [-0.25, -0.2) is 30.0 Å². The Balaban J connectivity index is 0.000000182. The van der Waals surface area contributed by atoms with Gasteiger partial charge in [0.1, 0.15) is 11.8 Å². The summed E-state index contributed by atoms with van der Waals surface area (Å²) < 4.78 is 11.9. The Morgan fingerprint density at radius 2 is 2.09 bits per heavy atom. The molecule has 3 aromatic heterocycles. The first-order valence-electron chi connectivity index (χ1n) is 5.70. The number of urea groups is 1. The second kappa shape index (κ2) is 8.63. The number of amides is 2. The van der Waals surface area contributed by atoms with Crippen molar-refractivity contribution >= 4 is 17.2 Å². The molecule has 0 radical (unpaired) electrons. The lowest BCUT2D eigenvalue weighted by Gasteiger charge is -1.84. The maximum absolute atomic E-state index is 11.9. The number of primary amides is 1. The van der Waals surface area contributed by atoms with Crippen LogP contribution in [0.3, 0.4) is 0 Å². The Morgan fingerprint density at radius 1 is 1.39 bits per heavy atom. The third-order valence-corrected chi connectivity index (χ3v) is 1.99. The van der Waals surface area contributed by atoms with Gasteiger partial charge in [0.15, 0.2) is 5.65 Å². The summed E-state index contributed by atoms with van der Waals surface area (Å²) in [4.78, 5) is 45.6. The summed E-state index contributed by atoms with van der Waals surface area (Å²) >= 11 is 0. The van der Waals surface area contributed by atoms with Crippen LogP contribution in [0.15, 0.2) is 40.7 Å². The van der Waals surface area contributed by atoms with Crippen molar-refractivity contribution in [2.24, 2.45) is 5.73 Å². The van der Waals surface area contributed by atoms with Gasteiger partial charge in [0.2, 0.25) is 0 Å². The Bertz CT molecular complexity index is 842. The van der Waals surface area contributed by atoms with E-state index in [9.17, 15) is 18.9 Å². The molecule has 0 aliphatic carbocycles. The van der Waals surface area contributed by atoms with Gasteiger partial charge in [-0.1, -0.05) is 4.48 Å². The average Bonchev–Trinajstić information content (AvgIpc) is 3.01. The van der Waals surface area contributed by atoms with Crippen LogP contribution in [0.1, 0.15) is 0 Å². The molecule has 13 heteroatoms. The Hall–Kier alpha value is -3.61. The number of fused-ring (bicyclic) bond motifs is 1. The predicted octanol–water partition coefficient (Wildman–Crippen LogP) is -1.33. The van der Waals surface area contributed by atoms with Crippen molar-refractivity contribution in [3.05, 3.63) is 52.0 Å². The molecule has 0 spiro atoms. The van der Waals surface area contributed by atoms with Crippen LogP contribution in [0.5, 0.6) is 0 Å². The number of H-pyrrole nitrogens is 2. The number of carbonyl (C=O) groups excluding carboxylic acids is 1. The van der Waals surface area contributed by atoms with Crippen LogP contribution in [0.4, 0.5) is 9.28 Å². The summed E-state index contributed by atoms with van der Waals surface area (Å²) in [7, 11) is 0. The fraction of sp³-hybridized carbons (Fsp3) is 0. The van der Waals surface area contributed by atoms with Crippen molar-refractivity contribution in [1.82, 2.24) is 35.2 Å². The van der Waals surface area contributed by atoms with E-state index in [2.05, 4.69) is 25.7 Å². The molecule has 3 heterocycles. The highest BCUT2D eigenvalue weighted by atomic mass is 19.2. The minimum atomic E-state index is -1.05. The van der Waals surface area contributed by atoms with Crippen LogP contribution in [0.25, 0.3) is 11.2 Å². The topological polar surface area (TPSA) is 185 Å². The zero-order valence-corrected chi connectivity index (χ0v) is 11.3. The standard InChI is InChI=1S/C5H4N4.C4H3FN2O2.CH4N2O2/c1-4-5(8-2-6-1)9-3-7-4;5-7-2-1-3(8)6-4(7)9;2-1(4)3-5/h1-3H,(H,6,7,8,9);1-2H,(H,6,8,9);5H,(H3,2,3,4). The molecule has 0 bridgehead atoms. The van der Waals surface area contributed by atoms with E-state index >= 15 is 0 Å². The lowest BCUT2D eigenvalue weighted by Crippen LogP contribution is -2.25. The number of rotatable bonds is 0. The second-order valence-electron chi connectivity index (χ2n) is 3.56. The van der Waals surface area contributed by atoms with Crippen molar-refractivity contribution < 1.29 is 14.5 Å². The fourth-order valence-electron chi connectivity index (χ4n) is 1.09. The number of hydroxylamine groups is 1. The Labute approximate surface area is 125 Å². The molecule has 12 nitrogen and oxygen atoms in total. The maximum Gasteiger partial charge on any atom is 0.356 e. The number of nitrogens with zero attached hydrogens (tertiary/aromatic N) is 4. The van der Waals surface area contributed by atoms with E-state index in [-0.39, 0.29) is 4.79 Å². The first kappa shape index (κ1) is 17.4. The SMILES string of the molecule is NC(=O)NO.O=c1ccn(F)c(=O)[nH]1.c1ncc2[nH]cnc2n1. The first-order valence-corrected chi connectivity index (χ1v) is 5.70. The number of hydrogen-bond acceptors (Lipinski definition) is 7. The van der Waals surface area contributed by atoms with E-state index in [0.717, 1.165) is 17.8 Å². The smallest absolute Gasteiger partial charge is 0.350 e. The van der Waals surface area contributed by atoms with Gasteiger partial charge in [0, 0.05) is 12.3 Å². The van der Waals surface area contributed by atoms with Crippen LogP contribution in [0, 0.1) is 0 Å². The third kappa shape index (κ3) is 6.13. The molecule has 2 amide bonds. The van der Waals surface area contributed by atoms with E-state index in [0.29, 0.717) is 5.65 Å². The van der Waals surface area contributed by atoms with Crippen LogP contribution in [-0.4, -0.2) is 40.9 Å². The lowest BCUT2D eigenvalue weighted by molar-refractivity contribution is 0.169. The number of nitrogens with two attached hydrogens (primary N) is 1. The average molecular weight is 326 g/mol.